The summed E-state index contributed by atoms with van der Waals surface area (Å²) in [6.45, 7) is 3.94. The second-order valence-electron chi connectivity index (χ2n) is 3.02. The van der Waals surface area contributed by atoms with Crippen molar-refractivity contribution in [3.05, 3.63) is 29.5 Å². The van der Waals surface area contributed by atoms with E-state index < -0.39 is 0 Å². The third-order valence-corrected chi connectivity index (χ3v) is 2.89. The highest BCUT2D eigenvalue weighted by Crippen LogP contribution is 2.22. The monoisotopic (exact) mass is 207 g/mol. The second-order valence-corrected chi connectivity index (χ2v) is 3.88. The molecule has 74 valence electrons. The fraction of sp³-hybridized carbons (Fsp3) is 0.300. The summed E-state index contributed by atoms with van der Waals surface area (Å²) >= 11 is 1.69. The van der Waals surface area contributed by atoms with Crippen LogP contribution in [0.15, 0.2) is 23.8 Å². The van der Waals surface area contributed by atoms with Gasteiger partial charge in [-0.3, -0.25) is 0 Å². The molecule has 0 saturated heterocycles. The van der Waals surface area contributed by atoms with E-state index in [0.717, 1.165) is 29.4 Å². The summed E-state index contributed by atoms with van der Waals surface area (Å²) in [5.41, 5.74) is 2.28. The van der Waals surface area contributed by atoms with Gasteiger partial charge in [-0.25, -0.2) is 4.98 Å². The van der Waals surface area contributed by atoms with Gasteiger partial charge in [0.1, 0.15) is 5.01 Å². The molecule has 0 amide bonds. The minimum absolute atomic E-state index is 0.859. The molecule has 0 bridgehead atoms. The molecule has 0 aromatic carbocycles. The summed E-state index contributed by atoms with van der Waals surface area (Å²) in [5, 5.41) is 6.44. The third kappa shape index (κ3) is 2.02. The van der Waals surface area contributed by atoms with Gasteiger partial charge in [0.2, 0.25) is 0 Å². The lowest BCUT2D eigenvalue weighted by Gasteiger charge is -1.95. The van der Waals surface area contributed by atoms with Crippen molar-refractivity contribution in [2.75, 3.05) is 6.54 Å². The van der Waals surface area contributed by atoms with E-state index in [9.17, 15) is 0 Å². The predicted molar refractivity (Wildman–Crippen MR) is 59.3 cm³/mol. The molecule has 2 N–H and O–H groups in total. The van der Waals surface area contributed by atoms with Crippen LogP contribution in [0.3, 0.4) is 0 Å². The molecule has 0 fully saturated rings. The molecular weight excluding hydrogens is 194 g/mol. The zero-order chi connectivity index (χ0) is 9.80. The highest BCUT2D eigenvalue weighted by atomic mass is 32.1. The molecule has 2 aromatic rings. The lowest BCUT2D eigenvalue weighted by atomic mass is 10.3. The number of hydrogen-bond acceptors (Lipinski definition) is 3. The Morgan fingerprint density at radius 1 is 1.57 bits per heavy atom. The van der Waals surface area contributed by atoms with Crippen molar-refractivity contribution in [3.8, 4) is 10.6 Å². The highest BCUT2D eigenvalue weighted by molar-refractivity contribution is 7.13. The first kappa shape index (κ1) is 9.43. The Bertz CT molecular complexity index is 378. The van der Waals surface area contributed by atoms with E-state index in [1.165, 1.54) is 0 Å². The minimum Gasteiger partial charge on any atom is -0.367 e. The summed E-state index contributed by atoms with van der Waals surface area (Å²) in [6.07, 6.45) is 3.89. The third-order valence-electron chi connectivity index (χ3n) is 1.95. The van der Waals surface area contributed by atoms with Crippen molar-refractivity contribution in [3.63, 3.8) is 0 Å². The predicted octanol–water partition coefficient (Wildman–Crippen LogP) is 2.25. The summed E-state index contributed by atoms with van der Waals surface area (Å²) in [7, 11) is 0. The van der Waals surface area contributed by atoms with Crippen LogP contribution in [0.25, 0.3) is 10.6 Å². The zero-order valence-corrected chi connectivity index (χ0v) is 8.90. The molecule has 0 saturated carbocycles. The van der Waals surface area contributed by atoms with Gasteiger partial charge < -0.3 is 10.3 Å². The van der Waals surface area contributed by atoms with Gasteiger partial charge in [0.25, 0.3) is 0 Å². The topological polar surface area (TPSA) is 40.7 Å². The molecule has 0 aliphatic rings. The molecule has 3 nitrogen and oxygen atoms in total. The fourth-order valence-corrected chi connectivity index (χ4v) is 2.05. The summed E-state index contributed by atoms with van der Waals surface area (Å²) in [6, 6.07) is 2.04. The van der Waals surface area contributed by atoms with Crippen molar-refractivity contribution in [1.29, 1.82) is 0 Å². The van der Waals surface area contributed by atoms with E-state index >= 15 is 0 Å². The summed E-state index contributed by atoms with van der Waals surface area (Å²) in [4.78, 5) is 7.56. The standard InChI is InChI=1S/C10H13N3S/c1-2-11-6-9-7-14-10(13-9)8-3-4-12-5-8/h3-5,7,11-12H,2,6H2,1H3. The van der Waals surface area contributed by atoms with E-state index in [4.69, 9.17) is 0 Å². The first-order valence-corrected chi connectivity index (χ1v) is 5.56. The Morgan fingerprint density at radius 2 is 2.50 bits per heavy atom. The lowest BCUT2D eigenvalue weighted by molar-refractivity contribution is 0.715. The fourth-order valence-electron chi connectivity index (χ4n) is 1.23. The maximum Gasteiger partial charge on any atom is 0.125 e. The Balaban J connectivity index is 2.10. The average Bonchev–Trinajstić information content (AvgIpc) is 2.85. The number of thiazole rings is 1. The number of aromatic amines is 1. The summed E-state index contributed by atoms with van der Waals surface area (Å²) < 4.78 is 0. The van der Waals surface area contributed by atoms with Crippen LogP contribution in [0, 0.1) is 0 Å². The molecular formula is C10H13N3S. The molecule has 0 aliphatic carbocycles. The van der Waals surface area contributed by atoms with E-state index in [-0.39, 0.29) is 0 Å². The van der Waals surface area contributed by atoms with Crippen LogP contribution >= 0.6 is 11.3 Å². The van der Waals surface area contributed by atoms with Crippen LogP contribution in [-0.4, -0.2) is 16.5 Å². The van der Waals surface area contributed by atoms with Crippen molar-refractivity contribution >= 4 is 11.3 Å². The highest BCUT2D eigenvalue weighted by Gasteiger charge is 2.03. The number of nitrogens with one attached hydrogen (secondary N) is 2. The van der Waals surface area contributed by atoms with Crippen LogP contribution in [0.2, 0.25) is 0 Å². The van der Waals surface area contributed by atoms with Crippen LogP contribution in [-0.2, 0) is 6.54 Å². The quantitative estimate of drug-likeness (QED) is 0.807. The van der Waals surface area contributed by atoms with Gasteiger partial charge in [0.15, 0.2) is 0 Å². The first-order chi connectivity index (χ1) is 6.90. The van der Waals surface area contributed by atoms with Gasteiger partial charge in [-0.05, 0) is 12.6 Å². The normalized spacial score (nSPS) is 10.6. The Hall–Kier alpha value is -1.13. The van der Waals surface area contributed by atoms with E-state index in [2.05, 4.69) is 27.6 Å². The van der Waals surface area contributed by atoms with Crippen molar-refractivity contribution in [2.24, 2.45) is 0 Å². The van der Waals surface area contributed by atoms with Crippen LogP contribution in [0.4, 0.5) is 0 Å². The van der Waals surface area contributed by atoms with E-state index in [1.54, 1.807) is 11.3 Å². The Morgan fingerprint density at radius 3 is 3.21 bits per heavy atom. The number of nitrogens with zero attached hydrogens (tertiary/aromatic N) is 1. The summed E-state index contributed by atoms with van der Waals surface area (Å²) in [5.74, 6) is 0. The van der Waals surface area contributed by atoms with Gasteiger partial charge in [0.05, 0.1) is 5.69 Å². The number of rotatable bonds is 4. The van der Waals surface area contributed by atoms with Crippen molar-refractivity contribution in [1.82, 2.24) is 15.3 Å². The van der Waals surface area contributed by atoms with E-state index in [1.807, 2.05) is 18.5 Å². The van der Waals surface area contributed by atoms with Gasteiger partial charge in [-0.2, -0.15) is 0 Å². The van der Waals surface area contributed by atoms with Crippen molar-refractivity contribution < 1.29 is 0 Å². The molecule has 2 heterocycles. The zero-order valence-electron chi connectivity index (χ0n) is 8.08. The Kier molecular flexibility index (Phi) is 2.96. The smallest absolute Gasteiger partial charge is 0.125 e. The molecule has 0 atom stereocenters. The molecule has 0 aliphatic heterocycles. The lowest BCUT2D eigenvalue weighted by Crippen LogP contribution is -2.11. The first-order valence-electron chi connectivity index (χ1n) is 4.68. The van der Waals surface area contributed by atoms with Gasteiger partial charge in [0, 0.05) is 29.9 Å². The molecule has 0 spiro atoms. The van der Waals surface area contributed by atoms with Crippen molar-refractivity contribution in [2.45, 2.75) is 13.5 Å². The second kappa shape index (κ2) is 4.39. The van der Waals surface area contributed by atoms with Gasteiger partial charge in [-0.15, -0.1) is 11.3 Å². The molecule has 0 radical (unpaired) electrons. The maximum atomic E-state index is 4.53. The number of H-pyrrole nitrogens is 1. The van der Waals surface area contributed by atoms with Crippen LogP contribution < -0.4 is 5.32 Å². The Labute approximate surface area is 87.2 Å². The molecule has 4 heteroatoms. The maximum absolute atomic E-state index is 4.53. The number of hydrogen-bond donors (Lipinski definition) is 2. The molecule has 2 rings (SSSR count). The molecule has 0 unspecified atom stereocenters. The van der Waals surface area contributed by atoms with Crippen LogP contribution in [0.1, 0.15) is 12.6 Å². The van der Waals surface area contributed by atoms with Gasteiger partial charge >= 0.3 is 0 Å². The van der Waals surface area contributed by atoms with Crippen LogP contribution in [0.5, 0.6) is 0 Å². The average molecular weight is 207 g/mol. The largest absolute Gasteiger partial charge is 0.367 e. The molecule has 2 aromatic heterocycles. The minimum atomic E-state index is 0.859. The number of aromatic nitrogens is 2. The van der Waals surface area contributed by atoms with Gasteiger partial charge in [-0.1, -0.05) is 6.92 Å². The molecule has 14 heavy (non-hydrogen) atoms. The van der Waals surface area contributed by atoms with E-state index in [0.29, 0.717) is 0 Å². The SMILES string of the molecule is CCNCc1csc(-c2cc[nH]c2)n1.